The van der Waals surface area contributed by atoms with Crippen molar-refractivity contribution in [3.05, 3.63) is 35.0 Å². The van der Waals surface area contributed by atoms with Gasteiger partial charge in [-0.1, -0.05) is 25.3 Å². The van der Waals surface area contributed by atoms with Gasteiger partial charge in [-0.15, -0.1) is 0 Å². The second kappa shape index (κ2) is 7.07. The monoisotopic (exact) mass is 313 g/mol. The molecule has 1 aromatic heterocycles. The molecule has 0 saturated carbocycles. The third-order valence-electron chi connectivity index (χ3n) is 4.96. The first-order chi connectivity index (χ1) is 11.1. The first-order valence-corrected chi connectivity index (χ1v) is 8.76. The van der Waals surface area contributed by atoms with Crippen LogP contribution in [0, 0.1) is 13.8 Å². The number of fused-ring (bicyclic) bond motifs is 1. The van der Waals surface area contributed by atoms with Crippen LogP contribution in [0.1, 0.15) is 48.9 Å². The molecule has 3 rings (SSSR count). The summed E-state index contributed by atoms with van der Waals surface area (Å²) in [4.78, 5) is 17.7. The van der Waals surface area contributed by atoms with Crippen molar-refractivity contribution in [2.24, 2.45) is 0 Å². The van der Waals surface area contributed by atoms with Crippen LogP contribution in [0.5, 0.6) is 0 Å². The summed E-state index contributed by atoms with van der Waals surface area (Å²) in [6.07, 6.45) is 6.05. The predicted octanol–water partition coefficient (Wildman–Crippen LogP) is 4.26. The topological polar surface area (TPSA) is 48.1 Å². The average Bonchev–Trinajstić information content (AvgIpc) is 2.79. The van der Waals surface area contributed by atoms with E-state index >= 15 is 0 Å². The highest BCUT2D eigenvalue weighted by Crippen LogP contribution is 2.22. The first-order valence-electron chi connectivity index (χ1n) is 8.76. The predicted molar refractivity (Wildman–Crippen MR) is 94.7 cm³/mol. The molecule has 23 heavy (non-hydrogen) atoms. The number of hydrogen-bond donors (Lipinski definition) is 2. The van der Waals surface area contributed by atoms with Gasteiger partial charge in [-0.25, -0.2) is 4.79 Å². The second-order valence-corrected chi connectivity index (χ2v) is 6.67. The molecule has 0 unspecified atom stereocenters. The maximum absolute atomic E-state index is 12.4. The number of H-pyrrole nitrogens is 1. The van der Waals surface area contributed by atoms with E-state index in [2.05, 4.69) is 42.3 Å². The molecule has 2 N–H and O–H groups in total. The van der Waals surface area contributed by atoms with Gasteiger partial charge in [-0.3, -0.25) is 0 Å². The number of likely N-dealkylation sites (tertiary alicyclic amines) is 1. The van der Waals surface area contributed by atoms with Gasteiger partial charge < -0.3 is 15.2 Å². The first kappa shape index (κ1) is 15.9. The van der Waals surface area contributed by atoms with Crippen LogP contribution in [0.15, 0.2) is 18.2 Å². The zero-order valence-corrected chi connectivity index (χ0v) is 14.2. The number of amides is 2. The van der Waals surface area contributed by atoms with Gasteiger partial charge in [-0.2, -0.15) is 0 Å². The lowest BCUT2D eigenvalue weighted by Crippen LogP contribution is -2.41. The van der Waals surface area contributed by atoms with Crippen molar-refractivity contribution in [3.63, 3.8) is 0 Å². The van der Waals surface area contributed by atoms with Crippen LogP contribution < -0.4 is 5.32 Å². The van der Waals surface area contributed by atoms with Crippen LogP contribution in [0.2, 0.25) is 0 Å². The second-order valence-electron chi connectivity index (χ2n) is 6.67. The van der Waals surface area contributed by atoms with Gasteiger partial charge in [0.2, 0.25) is 0 Å². The lowest BCUT2D eigenvalue weighted by atomic mass is 10.1. The van der Waals surface area contributed by atoms with E-state index in [4.69, 9.17) is 0 Å². The molecule has 1 aliphatic rings. The van der Waals surface area contributed by atoms with Crippen molar-refractivity contribution >= 4 is 16.9 Å². The van der Waals surface area contributed by atoms with Gasteiger partial charge in [0, 0.05) is 36.2 Å². The molecule has 2 aromatic rings. The Balaban J connectivity index is 1.62. The minimum atomic E-state index is 0.0777. The summed E-state index contributed by atoms with van der Waals surface area (Å²) in [7, 11) is 0. The summed E-state index contributed by atoms with van der Waals surface area (Å²) in [6.45, 7) is 6.60. The summed E-state index contributed by atoms with van der Waals surface area (Å²) in [5.41, 5.74) is 4.82. The highest BCUT2D eigenvalue weighted by Gasteiger charge is 2.14. The number of carbonyl (C=O) groups is 1. The fourth-order valence-electron chi connectivity index (χ4n) is 3.36. The van der Waals surface area contributed by atoms with E-state index in [0.29, 0.717) is 6.54 Å². The number of carbonyl (C=O) groups excluding carboxylic acids is 1. The molecular formula is C19H27N3O. The van der Waals surface area contributed by atoms with E-state index in [1.807, 2.05) is 4.90 Å². The van der Waals surface area contributed by atoms with E-state index < -0.39 is 0 Å². The summed E-state index contributed by atoms with van der Waals surface area (Å²) in [5.74, 6) is 0. The SMILES string of the molecule is Cc1[nH]c2ccc(CNC(=O)N3CCCCCCC3)cc2c1C. The van der Waals surface area contributed by atoms with Gasteiger partial charge in [0.05, 0.1) is 0 Å². The van der Waals surface area contributed by atoms with Crippen LogP contribution in [0.25, 0.3) is 10.9 Å². The maximum Gasteiger partial charge on any atom is 0.317 e. The van der Waals surface area contributed by atoms with E-state index in [1.54, 1.807) is 0 Å². The average molecular weight is 313 g/mol. The van der Waals surface area contributed by atoms with E-state index in [0.717, 1.165) is 31.5 Å². The maximum atomic E-state index is 12.4. The molecule has 1 saturated heterocycles. The smallest absolute Gasteiger partial charge is 0.317 e. The Bertz CT molecular complexity index is 681. The van der Waals surface area contributed by atoms with E-state index in [9.17, 15) is 4.79 Å². The Morgan fingerprint density at radius 3 is 2.57 bits per heavy atom. The van der Waals surface area contributed by atoms with Crippen molar-refractivity contribution in [2.75, 3.05) is 13.1 Å². The van der Waals surface area contributed by atoms with Crippen LogP contribution in [0.3, 0.4) is 0 Å². The zero-order chi connectivity index (χ0) is 16.2. The number of benzene rings is 1. The number of rotatable bonds is 2. The Morgan fingerprint density at radius 2 is 1.83 bits per heavy atom. The molecule has 1 aliphatic heterocycles. The summed E-state index contributed by atoms with van der Waals surface area (Å²) in [5, 5.41) is 4.34. The Kier molecular flexibility index (Phi) is 4.89. The van der Waals surface area contributed by atoms with Crippen molar-refractivity contribution in [1.82, 2.24) is 15.2 Å². The van der Waals surface area contributed by atoms with Crippen molar-refractivity contribution in [1.29, 1.82) is 0 Å². The fourth-order valence-corrected chi connectivity index (χ4v) is 3.36. The molecule has 4 nitrogen and oxygen atoms in total. The molecule has 0 bridgehead atoms. The van der Waals surface area contributed by atoms with Gasteiger partial charge in [-0.05, 0) is 49.9 Å². The number of nitrogens with zero attached hydrogens (tertiary/aromatic N) is 1. The number of hydrogen-bond acceptors (Lipinski definition) is 1. The highest BCUT2D eigenvalue weighted by molar-refractivity contribution is 5.85. The van der Waals surface area contributed by atoms with Gasteiger partial charge in [0.1, 0.15) is 0 Å². The number of aryl methyl sites for hydroxylation is 2. The summed E-state index contributed by atoms with van der Waals surface area (Å²) >= 11 is 0. The molecule has 2 amide bonds. The molecule has 1 fully saturated rings. The van der Waals surface area contributed by atoms with Crippen molar-refractivity contribution in [2.45, 2.75) is 52.5 Å². The number of aromatic amines is 1. The zero-order valence-electron chi connectivity index (χ0n) is 14.2. The quantitative estimate of drug-likeness (QED) is 0.855. The molecule has 4 heteroatoms. The Labute approximate surface area is 138 Å². The largest absolute Gasteiger partial charge is 0.358 e. The molecule has 0 atom stereocenters. The minimum Gasteiger partial charge on any atom is -0.358 e. The lowest BCUT2D eigenvalue weighted by Gasteiger charge is -2.25. The number of urea groups is 1. The van der Waals surface area contributed by atoms with Crippen molar-refractivity contribution in [3.8, 4) is 0 Å². The molecular weight excluding hydrogens is 286 g/mol. The van der Waals surface area contributed by atoms with Crippen LogP contribution in [0.4, 0.5) is 4.79 Å². The van der Waals surface area contributed by atoms with Crippen LogP contribution in [-0.4, -0.2) is 29.0 Å². The Morgan fingerprint density at radius 1 is 1.13 bits per heavy atom. The van der Waals surface area contributed by atoms with Crippen LogP contribution in [-0.2, 0) is 6.54 Å². The number of nitrogens with one attached hydrogen (secondary N) is 2. The number of aromatic nitrogens is 1. The fraction of sp³-hybridized carbons (Fsp3) is 0.526. The molecule has 0 spiro atoms. The van der Waals surface area contributed by atoms with Crippen molar-refractivity contribution < 1.29 is 4.79 Å². The molecule has 2 heterocycles. The normalized spacial score (nSPS) is 16.2. The van der Waals surface area contributed by atoms with Crippen LogP contribution >= 0.6 is 0 Å². The van der Waals surface area contributed by atoms with E-state index in [-0.39, 0.29) is 6.03 Å². The molecule has 1 aromatic carbocycles. The summed E-state index contributed by atoms with van der Waals surface area (Å²) < 4.78 is 0. The highest BCUT2D eigenvalue weighted by atomic mass is 16.2. The third-order valence-corrected chi connectivity index (χ3v) is 4.96. The molecule has 124 valence electrons. The minimum absolute atomic E-state index is 0.0777. The van der Waals surface area contributed by atoms with E-state index in [1.165, 1.54) is 41.4 Å². The van der Waals surface area contributed by atoms with Gasteiger partial charge >= 0.3 is 6.03 Å². The third kappa shape index (κ3) is 3.69. The molecule has 0 aliphatic carbocycles. The van der Waals surface area contributed by atoms with Gasteiger partial charge in [0.15, 0.2) is 0 Å². The Hall–Kier alpha value is -1.97. The summed E-state index contributed by atoms with van der Waals surface area (Å²) in [6, 6.07) is 6.45. The lowest BCUT2D eigenvalue weighted by molar-refractivity contribution is 0.192. The standard InChI is InChI=1S/C19H27N3O/c1-14-15(2)21-18-9-8-16(12-17(14)18)13-20-19(23)22-10-6-4-3-5-7-11-22/h8-9,12,21H,3-7,10-11,13H2,1-2H3,(H,20,23). The van der Waals surface area contributed by atoms with Gasteiger partial charge in [0.25, 0.3) is 0 Å². The molecule has 0 radical (unpaired) electrons.